The van der Waals surface area contributed by atoms with E-state index in [4.69, 9.17) is 11.6 Å². The van der Waals surface area contributed by atoms with Crippen LogP contribution in [0.1, 0.15) is 70.8 Å². The number of hydrogen-bond acceptors (Lipinski definition) is 2. The third kappa shape index (κ3) is 2.74. The Kier molecular flexibility index (Phi) is 4.57. The van der Waals surface area contributed by atoms with Gasteiger partial charge in [-0.25, -0.2) is 0 Å². The quantitative estimate of drug-likeness (QED) is 0.641. The molecule has 0 aromatic heterocycles. The fraction of sp³-hybridized carbons (Fsp3) is 0.654. The average Bonchev–Trinajstić information content (AvgIpc) is 2.97. The molecule has 2 nitrogen and oxygen atoms in total. The molecule has 0 radical (unpaired) electrons. The summed E-state index contributed by atoms with van der Waals surface area (Å²) in [5.41, 5.74) is 1.95. The van der Waals surface area contributed by atoms with Gasteiger partial charge in [-0.2, -0.15) is 0 Å². The molecule has 3 saturated carbocycles. The first-order valence-corrected chi connectivity index (χ1v) is 11.8. The Bertz CT molecular complexity index is 861. The molecule has 1 N–H and O–H groups in total. The lowest BCUT2D eigenvalue weighted by molar-refractivity contribution is -0.129. The molecule has 0 saturated heterocycles. The highest BCUT2D eigenvalue weighted by molar-refractivity contribution is 6.43. The molecule has 0 unspecified atom stereocenters. The van der Waals surface area contributed by atoms with Crippen LogP contribution in [-0.2, 0) is 11.2 Å². The third-order valence-corrected chi connectivity index (χ3v) is 10.2. The van der Waals surface area contributed by atoms with Crippen LogP contribution in [0.15, 0.2) is 40.9 Å². The Labute approximate surface area is 179 Å². The van der Waals surface area contributed by atoms with Crippen molar-refractivity contribution >= 4 is 17.4 Å². The monoisotopic (exact) mass is 412 g/mol. The number of fused-ring (bicyclic) bond motifs is 5. The van der Waals surface area contributed by atoms with E-state index in [9.17, 15) is 9.90 Å². The van der Waals surface area contributed by atoms with Crippen molar-refractivity contribution in [3.8, 4) is 0 Å². The van der Waals surface area contributed by atoms with Gasteiger partial charge in [0.2, 0.25) is 0 Å². The summed E-state index contributed by atoms with van der Waals surface area (Å²) in [6.07, 6.45) is 8.67. The highest BCUT2D eigenvalue weighted by Gasteiger charge is 2.64. The molecule has 1 aromatic rings. The molecule has 0 amide bonds. The number of benzene rings is 1. The fourth-order valence-electron chi connectivity index (χ4n) is 7.98. The van der Waals surface area contributed by atoms with Crippen molar-refractivity contribution in [1.29, 1.82) is 0 Å². The van der Waals surface area contributed by atoms with Crippen LogP contribution in [0.4, 0.5) is 0 Å². The summed E-state index contributed by atoms with van der Waals surface area (Å²) in [6, 6.07) is 10.5. The topological polar surface area (TPSA) is 37.3 Å². The molecule has 4 aliphatic rings. The van der Waals surface area contributed by atoms with Crippen LogP contribution in [0.2, 0.25) is 0 Å². The Morgan fingerprint density at radius 2 is 1.72 bits per heavy atom. The molecular weight excluding hydrogens is 380 g/mol. The molecule has 29 heavy (non-hydrogen) atoms. The smallest absolute Gasteiger partial charge is 0.174 e. The van der Waals surface area contributed by atoms with Crippen molar-refractivity contribution in [2.75, 3.05) is 0 Å². The maximum Gasteiger partial charge on any atom is 0.174 e. The number of allylic oxidation sites excluding steroid dienone is 1. The van der Waals surface area contributed by atoms with Gasteiger partial charge in [-0.05, 0) is 84.7 Å². The van der Waals surface area contributed by atoms with Gasteiger partial charge in [0.1, 0.15) is 0 Å². The number of aliphatic hydroxyl groups is 1. The van der Waals surface area contributed by atoms with Crippen molar-refractivity contribution in [3.05, 3.63) is 46.5 Å². The maximum atomic E-state index is 12.2. The molecule has 0 spiro atoms. The van der Waals surface area contributed by atoms with Crippen molar-refractivity contribution in [1.82, 2.24) is 0 Å². The van der Waals surface area contributed by atoms with E-state index in [0.29, 0.717) is 29.2 Å². The average molecular weight is 413 g/mol. The van der Waals surface area contributed by atoms with Gasteiger partial charge < -0.3 is 5.11 Å². The van der Waals surface area contributed by atoms with Gasteiger partial charge in [0.25, 0.3) is 0 Å². The summed E-state index contributed by atoms with van der Waals surface area (Å²) in [7, 11) is 0. The summed E-state index contributed by atoms with van der Waals surface area (Å²) >= 11 is 6.53. The minimum absolute atomic E-state index is 0.0180. The van der Waals surface area contributed by atoms with E-state index in [1.807, 2.05) is 6.07 Å². The fourth-order valence-corrected chi connectivity index (χ4v) is 8.39. The van der Waals surface area contributed by atoms with E-state index >= 15 is 0 Å². The molecule has 0 bridgehead atoms. The lowest BCUT2D eigenvalue weighted by Gasteiger charge is -2.59. The molecule has 156 valence electrons. The minimum atomic E-state index is -0.610. The summed E-state index contributed by atoms with van der Waals surface area (Å²) in [4.78, 5) is 12.2. The summed E-state index contributed by atoms with van der Waals surface area (Å²) in [6.45, 7) is 4.75. The standard InChI is InChI=1S/C26H33ClO2/c1-24-13-12-22(28)23(27)21(24)9-8-18-19(24)10-14-25(2)20(18)11-15-26(25,29)16-17-6-4-3-5-7-17/h3-7,18-20,29H,8-16H2,1-2H3/t18-,19+,20+,24-,25+,26-/m1/s1. The zero-order valence-corrected chi connectivity index (χ0v) is 18.5. The van der Waals surface area contributed by atoms with Gasteiger partial charge in [-0.1, -0.05) is 55.8 Å². The molecule has 0 aliphatic heterocycles. The highest BCUT2D eigenvalue weighted by Crippen LogP contribution is 2.68. The number of carbonyl (C=O) groups excluding carboxylic acids is 1. The van der Waals surface area contributed by atoms with Gasteiger partial charge in [-0.3, -0.25) is 4.79 Å². The van der Waals surface area contributed by atoms with Crippen LogP contribution in [0.25, 0.3) is 0 Å². The predicted octanol–water partition coefficient (Wildman–Crippen LogP) is 6.06. The molecule has 4 aliphatic carbocycles. The second kappa shape index (κ2) is 6.69. The van der Waals surface area contributed by atoms with Gasteiger partial charge in [0, 0.05) is 12.8 Å². The molecule has 0 heterocycles. The van der Waals surface area contributed by atoms with Crippen LogP contribution >= 0.6 is 11.6 Å². The number of Topliss-reactive ketones (excluding diaryl/α,β-unsaturated/α-hetero) is 1. The Morgan fingerprint density at radius 3 is 2.48 bits per heavy atom. The van der Waals surface area contributed by atoms with Crippen LogP contribution < -0.4 is 0 Å². The highest BCUT2D eigenvalue weighted by atomic mass is 35.5. The van der Waals surface area contributed by atoms with Crippen LogP contribution in [0.3, 0.4) is 0 Å². The Morgan fingerprint density at radius 1 is 1.00 bits per heavy atom. The van der Waals surface area contributed by atoms with Crippen LogP contribution in [-0.4, -0.2) is 16.5 Å². The summed E-state index contributed by atoms with van der Waals surface area (Å²) < 4.78 is 0. The SMILES string of the molecule is C[C@]12CCC(=O)C(Cl)=C1CC[C@@H]1[C@@H]2CC[C@@]2(C)[C@H]1CC[C@@]2(O)Cc1ccccc1. The number of halogens is 1. The number of rotatable bonds is 2. The zero-order valence-electron chi connectivity index (χ0n) is 17.7. The normalized spacial score (nSPS) is 44.3. The zero-order chi connectivity index (χ0) is 20.4. The first kappa shape index (κ1) is 19.8. The van der Waals surface area contributed by atoms with Gasteiger partial charge in [-0.15, -0.1) is 0 Å². The van der Waals surface area contributed by atoms with Crippen molar-refractivity contribution in [2.24, 2.45) is 28.6 Å². The third-order valence-electron chi connectivity index (χ3n) is 9.71. The first-order valence-electron chi connectivity index (χ1n) is 11.5. The van der Waals surface area contributed by atoms with Crippen molar-refractivity contribution < 1.29 is 9.90 Å². The number of carbonyl (C=O) groups is 1. The van der Waals surface area contributed by atoms with Gasteiger partial charge >= 0.3 is 0 Å². The van der Waals surface area contributed by atoms with Crippen LogP contribution in [0.5, 0.6) is 0 Å². The van der Waals surface area contributed by atoms with E-state index in [1.54, 1.807) is 0 Å². The van der Waals surface area contributed by atoms with Gasteiger partial charge in [0.15, 0.2) is 5.78 Å². The predicted molar refractivity (Wildman–Crippen MR) is 117 cm³/mol. The van der Waals surface area contributed by atoms with E-state index < -0.39 is 5.60 Å². The second-order valence-electron chi connectivity index (χ2n) is 10.7. The largest absolute Gasteiger partial charge is 0.389 e. The van der Waals surface area contributed by atoms with Gasteiger partial charge in [0.05, 0.1) is 10.6 Å². The Balaban J connectivity index is 1.46. The first-order chi connectivity index (χ1) is 13.8. The molecule has 5 rings (SSSR count). The van der Waals surface area contributed by atoms with Crippen LogP contribution in [0, 0.1) is 28.6 Å². The molecule has 3 fully saturated rings. The van der Waals surface area contributed by atoms with E-state index in [2.05, 4.69) is 38.1 Å². The lowest BCUT2D eigenvalue weighted by atomic mass is 9.46. The van der Waals surface area contributed by atoms with E-state index in [0.717, 1.165) is 51.4 Å². The summed E-state index contributed by atoms with van der Waals surface area (Å²) in [5.74, 6) is 1.97. The molecular formula is C26H33ClO2. The minimum Gasteiger partial charge on any atom is -0.389 e. The van der Waals surface area contributed by atoms with E-state index in [1.165, 1.54) is 11.1 Å². The maximum absolute atomic E-state index is 12.2. The lowest BCUT2D eigenvalue weighted by Crippen LogP contribution is -2.55. The molecule has 1 aromatic carbocycles. The van der Waals surface area contributed by atoms with Crippen molar-refractivity contribution in [2.45, 2.75) is 77.2 Å². The number of hydrogen-bond donors (Lipinski definition) is 1. The molecule has 6 atom stereocenters. The summed E-state index contributed by atoms with van der Waals surface area (Å²) in [5, 5.41) is 12.4. The van der Waals surface area contributed by atoms with Crippen molar-refractivity contribution in [3.63, 3.8) is 0 Å². The Hall–Kier alpha value is -1.12. The number of ketones is 1. The van der Waals surface area contributed by atoms with E-state index in [-0.39, 0.29) is 16.6 Å². The second-order valence-corrected chi connectivity index (χ2v) is 11.1. The molecule has 3 heteroatoms.